The highest BCUT2D eigenvalue weighted by Crippen LogP contribution is 2.38. The number of pyridine rings is 1. The molecule has 0 aliphatic heterocycles. The Hall–Kier alpha value is -3.72. The molecule has 48 heavy (non-hydrogen) atoms. The first kappa shape index (κ1) is 35.6. The number of hydrogen-bond donors (Lipinski definition) is 3. The van der Waals surface area contributed by atoms with Crippen molar-refractivity contribution in [3.8, 4) is 17.2 Å². The fraction of sp³-hybridized carbons (Fsp3) is 0.395. The molecule has 3 N–H and O–H groups in total. The van der Waals surface area contributed by atoms with Gasteiger partial charge in [0.2, 0.25) is 0 Å². The van der Waals surface area contributed by atoms with Crippen molar-refractivity contribution in [1.82, 2.24) is 5.32 Å². The summed E-state index contributed by atoms with van der Waals surface area (Å²) in [4.78, 5) is 21.2. The van der Waals surface area contributed by atoms with Crippen molar-refractivity contribution in [2.45, 2.75) is 83.1 Å². The minimum absolute atomic E-state index is 0.0287. The Kier molecular flexibility index (Phi) is 11.6. The van der Waals surface area contributed by atoms with Crippen molar-refractivity contribution < 1.29 is 38.0 Å². The van der Waals surface area contributed by atoms with E-state index in [-0.39, 0.29) is 36.4 Å². The predicted molar refractivity (Wildman–Crippen MR) is 183 cm³/mol. The van der Waals surface area contributed by atoms with Crippen LogP contribution in [0.1, 0.15) is 86.3 Å². The van der Waals surface area contributed by atoms with Crippen molar-refractivity contribution in [3.05, 3.63) is 119 Å². The number of rotatable bonds is 14. The van der Waals surface area contributed by atoms with Crippen LogP contribution in [0.25, 0.3) is 0 Å². The molecule has 1 heterocycles. The molecule has 10 heteroatoms. The van der Waals surface area contributed by atoms with Crippen LogP contribution in [0.15, 0.2) is 91.3 Å². The highest BCUT2D eigenvalue weighted by atomic mass is 31.2. The average Bonchev–Trinajstić information content (AvgIpc) is 3.56. The number of ether oxygens (including phenoxy) is 2. The Bertz CT molecular complexity index is 1680. The first-order valence-corrected chi connectivity index (χ1v) is 18.0. The number of benzene rings is 3. The fourth-order valence-electron chi connectivity index (χ4n) is 6.10. The molecular weight excluding hydrogens is 627 g/mol. The van der Waals surface area contributed by atoms with E-state index in [9.17, 15) is 19.5 Å². The van der Waals surface area contributed by atoms with E-state index >= 15 is 0 Å². The van der Waals surface area contributed by atoms with Gasteiger partial charge in [-0.05, 0) is 99.4 Å². The van der Waals surface area contributed by atoms with Crippen molar-refractivity contribution in [2.24, 2.45) is 0 Å². The smallest absolute Gasteiger partial charge is 0.317 e. The van der Waals surface area contributed by atoms with Crippen molar-refractivity contribution in [3.63, 3.8) is 0 Å². The van der Waals surface area contributed by atoms with Gasteiger partial charge in [-0.3, -0.25) is 4.57 Å². The molecule has 1 aliphatic rings. The topological polar surface area (TPSA) is 124 Å². The number of aromatic nitrogens is 1. The maximum atomic E-state index is 11.7. The summed E-state index contributed by atoms with van der Waals surface area (Å²) in [6.07, 6.45) is 8.43. The molecule has 1 fully saturated rings. The Balaban J connectivity index is 1.36. The average molecular weight is 675 g/mol. The lowest BCUT2D eigenvalue weighted by molar-refractivity contribution is -0.688. The number of methoxy groups -OCH3 is 1. The van der Waals surface area contributed by atoms with Crippen LogP contribution in [0, 0.1) is 0 Å². The lowest BCUT2D eigenvalue weighted by Gasteiger charge is -2.24. The second-order valence-corrected chi connectivity index (χ2v) is 14.7. The van der Waals surface area contributed by atoms with E-state index in [1.165, 1.54) is 24.5 Å². The van der Waals surface area contributed by atoms with Gasteiger partial charge in [0.05, 0.1) is 24.9 Å². The first-order chi connectivity index (χ1) is 22.9. The van der Waals surface area contributed by atoms with Crippen molar-refractivity contribution in [1.29, 1.82) is 0 Å². The zero-order chi connectivity index (χ0) is 34.3. The van der Waals surface area contributed by atoms with Crippen molar-refractivity contribution >= 4 is 7.82 Å². The monoisotopic (exact) mass is 674 g/mol. The second-order valence-electron chi connectivity index (χ2n) is 13.6. The zero-order valence-corrected chi connectivity index (χ0v) is 29.1. The van der Waals surface area contributed by atoms with Crippen LogP contribution in [-0.4, -0.2) is 35.3 Å². The molecule has 256 valence electrons. The van der Waals surface area contributed by atoms with Crippen LogP contribution in [0.5, 0.6) is 17.2 Å². The summed E-state index contributed by atoms with van der Waals surface area (Å²) in [5.74, 6) is 1.56. The Labute approximate surface area is 283 Å². The third kappa shape index (κ3) is 10.1. The summed E-state index contributed by atoms with van der Waals surface area (Å²) < 4.78 is 30.7. The summed E-state index contributed by atoms with van der Waals surface area (Å²) in [7, 11) is -3.41. The van der Waals surface area contributed by atoms with Crippen LogP contribution in [0.2, 0.25) is 0 Å². The third-order valence-corrected chi connectivity index (χ3v) is 9.08. The zero-order valence-electron chi connectivity index (χ0n) is 28.2. The molecule has 9 nitrogen and oxygen atoms in total. The van der Waals surface area contributed by atoms with Gasteiger partial charge in [0.15, 0.2) is 30.4 Å². The number of nitrogens with one attached hydrogen (secondary N) is 1. The number of β-amino-alcohol motifs (C(OH)–C–C–N with tert-alkyl or cyclic N) is 1. The first-order valence-electron chi connectivity index (χ1n) is 16.5. The molecule has 5 rings (SSSR count). The Morgan fingerprint density at radius 3 is 2.23 bits per heavy atom. The maximum Gasteiger partial charge on any atom is 0.317 e. The molecule has 0 bridgehead atoms. The van der Waals surface area contributed by atoms with E-state index in [4.69, 9.17) is 14.0 Å². The number of phosphoric acid groups is 1. The quantitative estimate of drug-likeness (QED) is 0.110. The van der Waals surface area contributed by atoms with Crippen LogP contribution in [-0.2, 0) is 17.5 Å². The molecule has 3 atom stereocenters. The van der Waals surface area contributed by atoms with Gasteiger partial charge < -0.3 is 34.2 Å². The minimum atomic E-state index is -5.08. The number of aliphatic hydroxyl groups excluding tert-OH is 1. The molecule has 0 amide bonds. The second kappa shape index (κ2) is 15.7. The van der Waals surface area contributed by atoms with Gasteiger partial charge in [-0.2, -0.15) is 0 Å². The summed E-state index contributed by atoms with van der Waals surface area (Å²) in [6.45, 7) is 6.52. The van der Waals surface area contributed by atoms with Gasteiger partial charge in [0, 0.05) is 30.1 Å². The highest BCUT2D eigenvalue weighted by Gasteiger charge is 2.23. The summed E-state index contributed by atoms with van der Waals surface area (Å²) in [5.41, 5.74) is 4.25. The summed E-state index contributed by atoms with van der Waals surface area (Å²) in [5, 5.41) is 13.9. The molecule has 4 aromatic rings. The molecular formula is C38H47N2O7P. The molecule has 1 aliphatic carbocycles. The number of aliphatic hydroxyl groups is 1. The van der Waals surface area contributed by atoms with Crippen LogP contribution >= 0.6 is 7.82 Å². The van der Waals surface area contributed by atoms with Crippen LogP contribution in [0.4, 0.5) is 0 Å². The maximum absolute atomic E-state index is 11.7. The lowest BCUT2D eigenvalue weighted by atomic mass is 9.86. The standard InChI is InChI=1S/C38H47N2O7P/c1-38(2,3)39-25-34(41)30-14-15-31(36(24-30)47-48(42,43)44)26-40-20-18-27(19-21-40)22-33(28-10-6-5-7-11-28)29-16-17-35(45-4)37(23-29)46-32-12-8-9-13-32/h5-7,10-11,14-21,23-24,32-34,39,41H,8-9,12-13,22,25-26H2,1-4H3,(H-,42,43,44). The van der Waals surface area contributed by atoms with E-state index in [1.54, 1.807) is 19.2 Å². The summed E-state index contributed by atoms with van der Waals surface area (Å²) in [6, 6.07) is 25.7. The molecule has 0 spiro atoms. The van der Waals surface area contributed by atoms with Gasteiger partial charge >= 0.3 is 7.82 Å². The van der Waals surface area contributed by atoms with Crippen molar-refractivity contribution in [2.75, 3.05) is 13.7 Å². The molecule has 1 saturated carbocycles. The SMILES string of the molecule is COc1ccc(C(Cc2cc[n+](Cc3ccc(C(O)CNC(C)(C)C)cc3OP(=O)([O-])O)cc2)c2ccccc2)cc1OC1CCCC1. The van der Waals surface area contributed by atoms with Gasteiger partial charge in [0.1, 0.15) is 5.75 Å². The van der Waals surface area contributed by atoms with E-state index in [0.29, 0.717) is 11.1 Å². The third-order valence-electron chi connectivity index (χ3n) is 8.66. The van der Waals surface area contributed by atoms with E-state index in [0.717, 1.165) is 41.9 Å². The minimum Gasteiger partial charge on any atom is -0.746 e. The van der Waals surface area contributed by atoms with Crippen LogP contribution < -0.4 is 28.8 Å². The molecule has 0 radical (unpaired) electrons. The number of nitrogens with zero attached hydrogens (tertiary/aromatic N) is 1. The van der Waals surface area contributed by atoms with E-state index < -0.39 is 13.9 Å². The van der Waals surface area contributed by atoms with Gasteiger partial charge in [-0.1, -0.05) is 42.5 Å². The lowest BCUT2D eigenvalue weighted by Crippen LogP contribution is -2.38. The van der Waals surface area contributed by atoms with E-state index in [2.05, 4.69) is 53.8 Å². The molecule has 1 aromatic heterocycles. The molecule has 3 unspecified atom stereocenters. The number of phosphoric ester groups is 1. The number of hydrogen-bond acceptors (Lipinski definition) is 7. The fourth-order valence-corrected chi connectivity index (χ4v) is 6.52. The molecule has 0 saturated heterocycles. The summed E-state index contributed by atoms with van der Waals surface area (Å²) >= 11 is 0. The molecule has 3 aromatic carbocycles. The largest absolute Gasteiger partial charge is 0.746 e. The normalized spacial score (nSPS) is 16.2. The predicted octanol–water partition coefficient (Wildman–Crippen LogP) is 5.99. The van der Waals surface area contributed by atoms with Gasteiger partial charge in [-0.15, -0.1) is 0 Å². The Morgan fingerprint density at radius 2 is 1.58 bits per heavy atom. The highest BCUT2D eigenvalue weighted by molar-refractivity contribution is 7.45. The van der Waals surface area contributed by atoms with Gasteiger partial charge in [-0.25, -0.2) is 4.57 Å². The van der Waals surface area contributed by atoms with E-state index in [1.807, 2.05) is 49.9 Å². The van der Waals surface area contributed by atoms with Crippen LogP contribution in [0.3, 0.4) is 0 Å². The van der Waals surface area contributed by atoms with Gasteiger partial charge in [0.25, 0.3) is 0 Å². The Morgan fingerprint density at radius 1 is 0.917 bits per heavy atom.